The molecule has 0 saturated carbocycles. The van der Waals surface area contributed by atoms with E-state index >= 15 is 4.39 Å². The van der Waals surface area contributed by atoms with Crippen molar-refractivity contribution in [2.24, 2.45) is 5.41 Å². The van der Waals surface area contributed by atoms with Crippen LogP contribution in [-0.4, -0.2) is 65.9 Å². The van der Waals surface area contributed by atoms with Crippen molar-refractivity contribution in [2.45, 2.75) is 82.6 Å². The number of hydrogen-bond acceptors (Lipinski definition) is 5. The molecule has 8 nitrogen and oxygen atoms in total. The Balaban J connectivity index is 1.51. The Labute approximate surface area is 256 Å². The Morgan fingerprint density at radius 1 is 1.24 bits per heavy atom. The maximum atomic E-state index is 15.9. The SMILES string of the molecule is CCCCNC(=O)N1CC(NC(O)[C@@H]2N[C@H](CC(C)(C)C)[C@]3(C(=O)Nc4cc(Cl)ccc43)[C@H]2c2cccc(Cl)c2F)C1. The van der Waals surface area contributed by atoms with Gasteiger partial charge in [-0.15, -0.1) is 0 Å². The summed E-state index contributed by atoms with van der Waals surface area (Å²) in [6.45, 7) is 9.80. The number of carbonyl (C=O) groups is 2. The lowest BCUT2D eigenvalue weighted by molar-refractivity contribution is -0.122. The predicted molar refractivity (Wildman–Crippen MR) is 164 cm³/mol. The van der Waals surface area contributed by atoms with Crippen LogP contribution in [0.25, 0.3) is 0 Å². The Morgan fingerprint density at radius 2 is 1.98 bits per heavy atom. The van der Waals surface area contributed by atoms with Crippen molar-refractivity contribution in [3.63, 3.8) is 0 Å². The molecule has 5 N–H and O–H groups in total. The summed E-state index contributed by atoms with van der Waals surface area (Å²) >= 11 is 12.6. The number of fused-ring (bicyclic) bond motifs is 2. The number of amides is 3. The molecule has 2 saturated heterocycles. The quantitative estimate of drug-likeness (QED) is 0.212. The molecule has 228 valence electrons. The zero-order valence-corrected chi connectivity index (χ0v) is 26.0. The first kappa shape index (κ1) is 31.0. The number of rotatable bonds is 8. The maximum absolute atomic E-state index is 15.9. The minimum absolute atomic E-state index is 0.0541. The number of aliphatic hydroxyl groups excluding tert-OH is 1. The van der Waals surface area contributed by atoms with Gasteiger partial charge in [0.1, 0.15) is 17.5 Å². The second kappa shape index (κ2) is 11.9. The van der Waals surface area contributed by atoms with Gasteiger partial charge in [0.05, 0.1) is 11.1 Å². The normalized spacial score (nSPS) is 26.2. The fraction of sp³-hybridized carbons (Fsp3) is 0.548. The summed E-state index contributed by atoms with van der Waals surface area (Å²) in [7, 11) is 0. The topological polar surface area (TPSA) is 106 Å². The lowest BCUT2D eigenvalue weighted by Crippen LogP contribution is -2.65. The van der Waals surface area contributed by atoms with Gasteiger partial charge >= 0.3 is 6.03 Å². The Morgan fingerprint density at radius 3 is 2.67 bits per heavy atom. The highest BCUT2D eigenvalue weighted by Crippen LogP contribution is 2.57. The van der Waals surface area contributed by atoms with Gasteiger partial charge in [0, 0.05) is 48.3 Å². The number of anilines is 1. The lowest BCUT2D eigenvalue weighted by Gasteiger charge is -2.42. The molecule has 3 aliphatic rings. The molecular weight excluding hydrogens is 580 g/mol. The second-order valence-corrected chi connectivity index (χ2v) is 13.8. The highest BCUT2D eigenvalue weighted by molar-refractivity contribution is 6.31. The van der Waals surface area contributed by atoms with Gasteiger partial charge in [-0.2, -0.15) is 0 Å². The van der Waals surface area contributed by atoms with Gasteiger partial charge in [-0.3, -0.25) is 10.1 Å². The number of urea groups is 1. The van der Waals surface area contributed by atoms with Crippen LogP contribution in [0.4, 0.5) is 14.9 Å². The zero-order valence-electron chi connectivity index (χ0n) is 24.4. The average Bonchev–Trinajstić information content (AvgIpc) is 3.36. The molecule has 0 aliphatic carbocycles. The van der Waals surface area contributed by atoms with Gasteiger partial charge in [0.2, 0.25) is 5.91 Å². The lowest BCUT2D eigenvalue weighted by atomic mass is 9.62. The maximum Gasteiger partial charge on any atom is 0.317 e. The molecule has 2 fully saturated rings. The van der Waals surface area contributed by atoms with E-state index in [0.717, 1.165) is 12.8 Å². The van der Waals surface area contributed by atoms with Crippen LogP contribution < -0.4 is 21.3 Å². The van der Waals surface area contributed by atoms with E-state index in [1.807, 2.05) is 6.07 Å². The van der Waals surface area contributed by atoms with Crippen molar-refractivity contribution in [2.75, 3.05) is 25.0 Å². The summed E-state index contributed by atoms with van der Waals surface area (Å²) in [5.74, 6) is -1.71. The summed E-state index contributed by atoms with van der Waals surface area (Å²) in [5, 5.41) is 24.9. The first-order chi connectivity index (χ1) is 19.9. The smallest absolute Gasteiger partial charge is 0.317 e. The number of likely N-dealkylation sites (tertiary alicyclic amines) is 1. The van der Waals surface area contributed by atoms with E-state index in [9.17, 15) is 14.7 Å². The van der Waals surface area contributed by atoms with Gasteiger partial charge < -0.3 is 26.0 Å². The third kappa shape index (κ3) is 5.62. The predicted octanol–water partition coefficient (Wildman–Crippen LogP) is 4.98. The highest BCUT2D eigenvalue weighted by atomic mass is 35.5. The molecule has 2 aromatic carbocycles. The van der Waals surface area contributed by atoms with Crippen LogP contribution in [0.15, 0.2) is 36.4 Å². The second-order valence-electron chi connectivity index (χ2n) is 12.9. The van der Waals surface area contributed by atoms with Crippen molar-refractivity contribution in [1.82, 2.24) is 20.9 Å². The molecule has 1 spiro atoms. The molecule has 3 aliphatic heterocycles. The molecule has 5 atom stereocenters. The van der Waals surface area contributed by atoms with Gasteiger partial charge in [-0.05, 0) is 47.6 Å². The number of benzene rings is 2. The van der Waals surface area contributed by atoms with Crippen LogP contribution in [0.2, 0.25) is 10.0 Å². The van der Waals surface area contributed by atoms with E-state index in [4.69, 9.17) is 23.2 Å². The molecule has 5 rings (SSSR count). The van der Waals surface area contributed by atoms with Crippen LogP contribution in [0.3, 0.4) is 0 Å². The zero-order chi connectivity index (χ0) is 30.4. The van der Waals surface area contributed by atoms with Crippen LogP contribution in [0.5, 0.6) is 0 Å². The molecule has 11 heteroatoms. The van der Waals surface area contributed by atoms with Crippen molar-refractivity contribution in [3.05, 3.63) is 63.4 Å². The van der Waals surface area contributed by atoms with Gasteiger partial charge in [0.15, 0.2) is 0 Å². The summed E-state index contributed by atoms with van der Waals surface area (Å²) < 4.78 is 15.9. The first-order valence-electron chi connectivity index (χ1n) is 14.6. The fourth-order valence-electron chi connectivity index (χ4n) is 6.83. The Kier molecular flexibility index (Phi) is 8.80. The number of unbranched alkanes of at least 4 members (excludes halogenated alkanes) is 1. The van der Waals surface area contributed by atoms with E-state index < -0.39 is 35.5 Å². The first-order valence-corrected chi connectivity index (χ1v) is 15.4. The summed E-state index contributed by atoms with van der Waals surface area (Å²) in [6.07, 6.45) is 1.32. The van der Waals surface area contributed by atoms with E-state index in [2.05, 4.69) is 49.0 Å². The number of halogens is 3. The van der Waals surface area contributed by atoms with Crippen molar-refractivity contribution in [3.8, 4) is 0 Å². The van der Waals surface area contributed by atoms with Gasteiger partial charge in [0.25, 0.3) is 0 Å². The Hall–Kier alpha value is -2.43. The molecule has 1 unspecified atom stereocenters. The van der Waals surface area contributed by atoms with Crippen LogP contribution in [0, 0.1) is 11.2 Å². The summed E-state index contributed by atoms with van der Waals surface area (Å²) in [4.78, 5) is 28.3. The van der Waals surface area contributed by atoms with Gasteiger partial charge in [-0.25, -0.2) is 9.18 Å². The van der Waals surface area contributed by atoms with Crippen molar-refractivity contribution < 1.29 is 19.1 Å². The van der Waals surface area contributed by atoms with E-state index in [-0.39, 0.29) is 34.0 Å². The number of aliphatic hydroxyl groups is 1. The van der Waals surface area contributed by atoms with E-state index in [0.29, 0.717) is 42.3 Å². The number of nitrogens with zero attached hydrogens (tertiary/aromatic N) is 1. The monoisotopic (exact) mass is 619 g/mol. The van der Waals surface area contributed by atoms with Crippen LogP contribution in [0.1, 0.15) is 64.0 Å². The van der Waals surface area contributed by atoms with Crippen molar-refractivity contribution >= 4 is 40.8 Å². The van der Waals surface area contributed by atoms with E-state index in [1.54, 1.807) is 29.2 Å². The average molecular weight is 621 g/mol. The minimum Gasteiger partial charge on any atom is -0.377 e. The molecule has 0 aromatic heterocycles. The third-order valence-electron chi connectivity index (χ3n) is 8.70. The van der Waals surface area contributed by atoms with E-state index in [1.165, 1.54) is 6.07 Å². The molecule has 3 amide bonds. The standard InChI is InChI=1S/C31H40Cl2FN5O3/c1-5-6-12-35-29(42)39-15-18(16-39)36-27(40)26-24(19-8-7-9-21(33)25(19)34)31(23(38-26)14-30(2,3)4)20-11-10-17(32)13-22(20)37-28(31)41/h7-11,13,18,23-24,26-27,36,38,40H,5-6,12,14-16H2,1-4H3,(H,35,42)(H,37,41)/t23-,24+,26-,27?,31+/m1/s1. The number of nitrogens with one attached hydrogen (secondary N) is 4. The minimum atomic E-state index is -1.25. The molecule has 42 heavy (non-hydrogen) atoms. The fourth-order valence-corrected chi connectivity index (χ4v) is 7.18. The molecule has 3 heterocycles. The van der Waals surface area contributed by atoms with Crippen LogP contribution >= 0.6 is 23.2 Å². The number of carbonyl (C=O) groups excluding carboxylic acids is 2. The highest BCUT2D eigenvalue weighted by Gasteiger charge is 2.66. The molecule has 0 bridgehead atoms. The molecule has 0 radical (unpaired) electrons. The molecular formula is C31H40Cl2FN5O3. The largest absolute Gasteiger partial charge is 0.377 e. The third-order valence-corrected chi connectivity index (χ3v) is 9.23. The van der Waals surface area contributed by atoms with Gasteiger partial charge in [-0.1, -0.05) is 75.5 Å². The molecule has 2 aromatic rings. The summed E-state index contributed by atoms with van der Waals surface area (Å²) in [5.41, 5.74) is 0.0749. The Bertz CT molecular complexity index is 1350. The number of hydrogen-bond donors (Lipinski definition) is 5. The van der Waals surface area contributed by atoms with Crippen LogP contribution in [-0.2, 0) is 10.2 Å². The summed E-state index contributed by atoms with van der Waals surface area (Å²) in [6, 6.07) is 8.55. The van der Waals surface area contributed by atoms with Crippen molar-refractivity contribution in [1.29, 1.82) is 0 Å².